The van der Waals surface area contributed by atoms with Gasteiger partial charge in [0.1, 0.15) is 0 Å². The highest BCUT2D eigenvalue weighted by Gasteiger charge is 2.28. The van der Waals surface area contributed by atoms with Crippen molar-refractivity contribution in [1.29, 1.82) is 0 Å². The lowest BCUT2D eigenvalue weighted by atomic mass is 9.96. The third kappa shape index (κ3) is 5.12. The van der Waals surface area contributed by atoms with Crippen LogP contribution in [0.25, 0.3) is 16.3 Å². The van der Waals surface area contributed by atoms with Crippen molar-refractivity contribution < 1.29 is 0 Å². The fraction of sp³-hybridized carbons (Fsp3) is 0.212. The normalized spacial score (nSPS) is 14.7. The van der Waals surface area contributed by atoms with Gasteiger partial charge in [-0.3, -0.25) is 0 Å². The minimum Gasteiger partial charge on any atom is -0.378 e. The SMILES string of the molecule is CCN1c2ccc3ccccc3c2SC1C=CC=C(c1ccc(N(C)C)cc1)c1ccc(N(C)C)cc1. The number of hydrogen-bond acceptors (Lipinski definition) is 4. The summed E-state index contributed by atoms with van der Waals surface area (Å²) in [5.74, 6) is 0. The quantitative estimate of drug-likeness (QED) is 0.236. The molecule has 1 unspecified atom stereocenters. The Kier molecular flexibility index (Phi) is 7.29. The van der Waals surface area contributed by atoms with Gasteiger partial charge < -0.3 is 14.7 Å². The molecule has 4 heteroatoms. The first-order chi connectivity index (χ1) is 18.0. The second-order valence-corrected chi connectivity index (χ2v) is 10.9. The zero-order valence-electron chi connectivity index (χ0n) is 22.3. The highest BCUT2D eigenvalue weighted by Crippen LogP contribution is 2.47. The number of fused-ring (bicyclic) bond motifs is 3. The maximum Gasteiger partial charge on any atom is 0.0986 e. The molecule has 0 bridgehead atoms. The van der Waals surface area contributed by atoms with E-state index in [0.29, 0.717) is 0 Å². The number of hydrogen-bond donors (Lipinski definition) is 0. The summed E-state index contributed by atoms with van der Waals surface area (Å²) in [6.07, 6.45) is 6.85. The molecular formula is C33H35N3S. The summed E-state index contributed by atoms with van der Waals surface area (Å²) in [5.41, 5.74) is 7.40. The molecular weight excluding hydrogens is 470 g/mol. The molecule has 1 heterocycles. The van der Waals surface area contributed by atoms with Gasteiger partial charge in [-0.1, -0.05) is 84.6 Å². The molecule has 5 rings (SSSR count). The van der Waals surface area contributed by atoms with Crippen molar-refractivity contribution in [1.82, 2.24) is 0 Å². The fourth-order valence-corrected chi connectivity index (χ4v) is 6.30. The molecule has 0 saturated carbocycles. The molecule has 0 amide bonds. The molecule has 0 radical (unpaired) electrons. The molecule has 0 N–H and O–H groups in total. The molecule has 1 atom stereocenters. The number of benzene rings is 4. The summed E-state index contributed by atoms with van der Waals surface area (Å²) >= 11 is 1.95. The van der Waals surface area contributed by atoms with E-state index in [1.54, 1.807) is 0 Å². The summed E-state index contributed by atoms with van der Waals surface area (Å²) in [6.45, 7) is 3.22. The van der Waals surface area contributed by atoms with Crippen LogP contribution in [0.3, 0.4) is 0 Å². The first-order valence-corrected chi connectivity index (χ1v) is 13.7. The Balaban J connectivity index is 1.48. The first-order valence-electron chi connectivity index (χ1n) is 12.9. The van der Waals surface area contributed by atoms with E-state index in [-0.39, 0.29) is 5.37 Å². The molecule has 188 valence electrons. The van der Waals surface area contributed by atoms with Crippen molar-refractivity contribution in [2.24, 2.45) is 0 Å². The summed E-state index contributed by atoms with van der Waals surface area (Å²) < 4.78 is 0. The number of nitrogens with zero attached hydrogens (tertiary/aromatic N) is 3. The number of anilines is 3. The van der Waals surface area contributed by atoms with Crippen LogP contribution < -0.4 is 14.7 Å². The van der Waals surface area contributed by atoms with Crippen molar-refractivity contribution >= 4 is 45.2 Å². The third-order valence-electron chi connectivity index (χ3n) is 6.98. The summed E-state index contributed by atoms with van der Waals surface area (Å²) in [4.78, 5) is 8.15. The van der Waals surface area contributed by atoms with E-state index >= 15 is 0 Å². The van der Waals surface area contributed by atoms with Crippen LogP contribution >= 0.6 is 11.8 Å². The van der Waals surface area contributed by atoms with Crippen LogP contribution in [-0.4, -0.2) is 40.1 Å². The minimum absolute atomic E-state index is 0.274. The second-order valence-electron chi connectivity index (χ2n) is 9.78. The molecule has 4 aromatic rings. The van der Waals surface area contributed by atoms with Crippen LogP contribution in [-0.2, 0) is 0 Å². The molecule has 1 aliphatic heterocycles. The molecule has 4 aromatic carbocycles. The zero-order chi connectivity index (χ0) is 25.9. The molecule has 0 aliphatic carbocycles. The third-order valence-corrected chi connectivity index (χ3v) is 8.30. The van der Waals surface area contributed by atoms with Crippen molar-refractivity contribution in [3.05, 3.63) is 114 Å². The van der Waals surface area contributed by atoms with Gasteiger partial charge in [-0.15, -0.1) is 0 Å². The van der Waals surface area contributed by atoms with Crippen molar-refractivity contribution in [3.8, 4) is 0 Å². The number of allylic oxidation sites excluding steroid dienone is 2. The van der Waals surface area contributed by atoms with Gasteiger partial charge in [0.2, 0.25) is 0 Å². The predicted molar refractivity (Wildman–Crippen MR) is 164 cm³/mol. The van der Waals surface area contributed by atoms with Crippen LogP contribution in [0.4, 0.5) is 17.1 Å². The average molecular weight is 506 g/mol. The molecule has 1 aliphatic rings. The van der Waals surface area contributed by atoms with Crippen LogP contribution in [0.15, 0.2) is 108 Å². The van der Waals surface area contributed by atoms with Crippen LogP contribution in [0.5, 0.6) is 0 Å². The summed E-state index contributed by atoms with van der Waals surface area (Å²) in [7, 11) is 8.31. The van der Waals surface area contributed by atoms with Gasteiger partial charge >= 0.3 is 0 Å². The Labute approximate surface area is 225 Å². The predicted octanol–water partition coefficient (Wildman–Crippen LogP) is 7.92. The smallest absolute Gasteiger partial charge is 0.0986 e. The van der Waals surface area contributed by atoms with Gasteiger partial charge in [0, 0.05) is 51.0 Å². The second kappa shape index (κ2) is 10.8. The topological polar surface area (TPSA) is 9.72 Å². The van der Waals surface area contributed by atoms with Crippen molar-refractivity contribution in [2.45, 2.75) is 17.2 Å². The highest BCUT2D eigenvalue weighted by molar-refractivity contribution is 8.00. The Hall–Kier alpha value is -3.63. The lowest BCUT2D eigenvalue weighted by Crippen LogP contribution is -2.27. The lowest BCUT2D eigenvalue weighted by molar-refractivity contribution is 0.879. The van der Waals surface area contributed by atoms with Gasteiger partial charge in [-0.25, -0.2) is 0 Å². The number of rotatable bonds is 7. The Morgan fingerprint density at radius 2 is 1.38 bits per heavy atom. The van der Waals surface area contributed by atoms with E-state index in [4.69, 9.17) is 0 Å². The van der Waals surface area contributed by atoms with Crippen LogP contribution in [0, 0.1) is 0 Å². The van der Waals surface area contributed by atoms with Gasteiger partial charge in [0.15, 0.2) is 0 Å². The monoisotopic (exact) mass is 505 g/mol. The molecule has 0 fully saturated rings. The van der Waals surface area contributed by atoms with E-state index in [2.05, 4.69) is 153 Å². The number of thioether (sulfide) groups is 1. The summed E-state index contributed by atoms with van der Waals surface area (Å²) in [5, 5.41) is 2.92. The van der Waals surface area contributed by atoms with Gasteiger partial charge in [-0.05, 0) is 64.7 Å². The standard InChI is InChI=1S/C33H35N3S/c1-6-36-31-23-18-24-10-7-8-11-30(24)33(31)37-32(36)13-9-12-29(25-14-19-27(20-15-25)34(2)3)26-16-21-28(22-17-26)35(4)5/h7-23,32H,6H2,1-5H3. The first kappa shape index (κ1) is 25.0. The Bertz CT molecular complexity index is 1380. The van der Waals surface area contributed by atoms with Gasteiger partial charge in [0.25, 0.3) is 0 Å². The fourth-order valence-electron chi connectivity index (χ4n) is 4.88. The Morgan fingerprint density at radius 1 is 0.784 bits per heavy atom. The highest BCUT2D eigenvalue weighted by atomic mass is 32.2. The molecule has 0 aromatic heterocycles. The van der Waals surface area contributed by atoms with Gasteiger partial charge in [-0.2, -0.15) is 0 Å². The van der Waals surface area contributed by atoms with Crippen molar-refractivity contribution in [3.63, 3.8) is 0 Å². The largest absolute Gasteiger partial charge is 0.378 e. The zero-order valence-corrected chi connectivity index (χ0v) is 23.2. The van der Waals surface area contributed by atoms with Crippen molar-refractivity contribution in [2.75, 3.05) is 49.4 Å². The minimum atomic E-state index is 0.274. The van der Waals surface area contributed by atoms with E-state index in [1.807, 2.05) is 11.8 Å². The van der Waals surface area contributed by atoms with E-state index < -0.39 is 0 Å². The Morgan fingerprint density at radius 3 is 1.95 bits per heavy atom. The molecule has 0 spiro atoms. The van der Waals surface area contributed by atoms with E-state index in [9.17, 15) is 0 Å². The maximum atomic E-state index is 2.49. The van der Waals surface area contributed by atoms with Crippen LogP contribution in [0.1, 0.15) is 18.1 Å². The molecule has 37 heavy (non-hydrogen) atoms. The average Bonchev–Trinajstić information content (AvgIpc) is 3.29. The lowest BCUT2D eigenvalue weighted by Gasteiger charge is -2.22. The summed E-state index contributed by atoms with van der Waals surface area (Å²) in [6, 6.07) is 30.9. The molecule has 0 saturated heterocycles. The van der Waals surface area contributed by atoms with Crippen LogP contribution in [0.2, 0.25) is 0 Å². The van der Waals surface area contributed by atoms with Gasteiger partial charge in [0.05, 0.1) is 11.1 Å². The molecule has 3 nitrogen and oxygen atoms in total. The van der Waals surface area contributed by atoms with E-state index in [1.165, 1.54) is 49.4 Å². The van der Waals surface area contributed by atoms with E-state index in [0.717, 1.165) is 6.54 Å². The maximum absolute atomic E-state index is 2.49. The number of likely N-dealkylation sites (N-methyl/N-ethyl adjacent to an activating group) is 1.